The lowest BCUT2D eigenvalue weighted by atomic mass is 9.93. The minimum absolute atomic E-state index is 0.0686. The van der Waals surface area contributed by atoms with E-state index in [1.807, 2.05) is 4.90 Å². The lowest BCUT2D eigenvalue weighted by Crippen LogP contribution is -2.53. The van der Waals surface area contributed by atoms with Crippen LogP contribution in [0.2, 0.25) is 0 Å². The first kappa shape index (κ1) is 15.5. The van der Waals surface area contributed by atoms with Crippen LogP contribution < -0.4 is 11.1 Å². The fourth-order valence-electron chi connectivity index (χ4n) is 4.36. The number of rotatable bonds is 3. The molecule has 1 aliphatic heterocycles. The van der Waals surface area contributed by atoms with Crippen LogP contribution in [0.4, 0.5) is 4.79 Å². The van der Waals surface area contributed by atoms with Crippen molar-refractivity contribution in [3.05, 3.63) is 48.0 Å². The number of hydrogen-bond donors (Lipinski definition) is 2. The van der Waals surface area contributed by atoms with E-state index in [1.165, 1.54) is 29.2 Å². The molecule has 4 rings (SSSR count). The quantitative estimate of drug-likeness (QED) is 0.912. The van der Waals surface area contributed by atoms with Crippen molar-refractivity contribution in [1.29, 1.82) is 0 Å². The zero-order valence-corrected chi connectivity index (χ0v) is 13.9. The summed E-state index contributed by atoms with van der Waals surface area (Å²) in [5.41, 5.74) is 7.50. The second-order valence-electron chi connectivity index (χ2n) is 7.20. The fraction of sp³-hybridized carbons (Fsp3) is 0.450. The topological polar surface area (TPSA) is 58.4 Å². The van der Waals surface area contributed by atoms with Gasteiger partial charge in [-0.05, 0) is 47.4 Å². The number of nitrogens with zero attached hydrogens (tertiary/aromatic N) is 1. The molecule has 2 amide bonds. The maximum Gasteiger partial charge on any atom is 0.317 e. The minimum atomic E-state index is 0.0686. The van der Waals surface area contributed by atoms with Crippen LogP contribution in [0.3, 0.4) is 0 Å². The van der Waals surface area contributed by atoms with Crippen LogP contribution in [-0.4, -0.2) is 36.6 Å². The van der Waals surface area contributed by atoms with E-state index in [2.05, 4.69) is 47.8 Å². The number of nitrogens with two attached hydrogens (primary N) is 1. The van der Waals surface area contributed by atoms with E-state index in [4.69, 9.17) is 5.73 Å². The summed E-state index contributed by atoms with van der Waals surface area (Å²) >= 11 is 0. The number of benzene rings is 2. The van der Waals surface area contributed by atoms with Gasteiger partial charge in [-0.3, -0.25) is 0 Å². The predicted octanol–water partition coefficient (Wildman–Crippen LogP) is 2.76. The van der Waals surface area contributed by atoms with Gasteiger partial charge in [-0.1, -0.05) is 42.5 Å². The predicted molar refractivity (Wildman–Crippen MR) is 96.8 cm³/mol. The van der Waals surface area contributed by atoms with Crippen LogP contribution >= 0.6 is 0 Å². The molecule has 1 saturated heterocycles. The Balaban J connectivity index is 1.35. The summed E-state index contributed by atoms with van der Waals surface area (Å²) in [6.45, 7) is 2.31. The molecule has 3 atom stereocenters. The van der Waals surface area contributed by atoms with Gasteiger partial charge in [0.05, 0.1) is 0 Å². The van der Waals surface area contributed by atoms with Gasteiger partial charge in [0.25, 0.3) is 0 Å². The van der Waals surface area contributed by atoms with Gasteiger partial charge in [0.1, 0.15) is 0 Å². The first-order chi connectivity index (χ1) is 11.7. The van der Waals surface area contributed by atoms with Crippen molar-refractivity contribution in [2.45, 2.75) is 25.3 Å². The zero-order chi connectivity index (χ0) is 16.5. The molecule has 1 unspecified atom stereocenters. The van der Waals surface area contributed by atoms with Crippen LogP contribution in [0.1, 0.15) is 18.4 Å². The van der Waals surface area contributed by atoms with Gasteiger partial charge < -0.3 is 16.0 Å². The maximum absolute atomic E-state index is 12.5. The third kappa shape index (κ3) is 2.86. The number of urea groups is 1. The van der Waals surface area contributed by atoms with Crippen molar-refractivity contribution < 1.29 is 4.79 Å². The Labute approximate surface area is 143 Å². The second kappa shape index (κ2) is 6.44. The molecule has 2 aliphatic rings. The number of piperidine rings is 1. The van der Waals surface area contributed by atoms with Crippen LogP contribution in [0.15, 0.2) is 42.5 Å². The molecule has 2 aromatic rings. The van der Waals surface area contributed by atoms with E-state index in [9.17, 15) is 4.79 Å². The van der Waals surface area contributed by atoms with Gasteiger partial charge in [0.15, 0.2) is 0 Å². The molecule has 126 valence electrons. The van der Waals surface area contributed by atoms with E-state index < -0.39 is 0 Å². The highest BCUT2D eigenvalue weighted by Crippen LogP contribution is 2.35. The van der Waals surface area contributed by atoms with E-state index >= 15 is 0 Å². The monoisotopic (exact) mass is 323 g/mol. The molecule has 24 heavy (non-hydrogen) atoms. The number of nitrogens with one attached hydrogen (secondary N) is 1. The van der Waals surface area contributed by atoms with Gasteiger partial charge in [0.2, 0.25) is 0 Å². The van der Waals surface area contributed by atoms with Crippen LogP contribution in [-0.2, 0) is 6.42 Å². The highest BCUT2D eigenvalue weighted by Gasteiger charge is 2.41. The Hall–Kier alpha value is -2.07. The number of fused-ring (bicyclic) bond motifs is 3. The van der Waals surface area contributed by atoms with Gasteiger partial charge in [0, 0.05) is 25.7 Å². The fourth-order valence-corrected chi connectivity index (χ4v) is 4.36. The lowest BCUT2D eigenvalue weighted by molar-refractivity contribution is 0.150. The van der Waals surface area contributed by atoms with E-state index in [0.29, 0.717) is 24.4 Å². The third-order valence-electron chi connectivity index (χ3n) is 5.74. The Morgan fingerprint density at radius 1 is 1.08 bits per heavy atom. The van der Waals surface area contributed by atoms with Crippen molar-refractivity contribution in [3.63, 3.8) is 0 Å². The summed E-state index contributed by atoms with van der Waals surface area (Å²) < 4.78 is 0. The molecule has 4 heteroatoms. The highest BCUT2D eigenvalue weighted by atomic mass is 16.2. The summed E-state index contributed by atoms with van der Waals surface area (Å²) in [4.78, 5) is 14.4. The van der Waals surface area contributed by atoms with Crippen molar-refractivity contribution in [3.8, 4) is 0 Å². The largest absolute Gasteiger partial charge is 0.338 e. The van der Waals surface area contributed by atoms with Gasteiger partial charge in [-0.15, -0.1) is 0 Å². The molecular formula is C20H25N3O. The highest BCUT2D eigenvalue weighted by molar-refractivity contribution is 5.85. The summed E-state index contributed by atoms with van der Waals surface area (Å²) in [5.74, 6) is 0.986. The second-order valence-corrected chi connectivity index (χ2v) is 7.20. The van der Waals surface area contributed by atoms with Gasteiger partial charge >= 0.3 is 6.03 Å². The van der Waals surface area contributed by atoms with Crippen LogP contribution in [0.5, 0.6) is 0 Å². The molecule has 3 N–H and O–H groups in total. The minimum Gasteiger partial charge on any atom is -0.338 e. The van der Waals surface area contributed by atoms with Gasteiger partial charge in [-0.25, -0.2) is 4.79 Å². The number of amides is 2. The first-order valence-corrected chi connectivity index (χ1v) is 8.97. The van der Waals surface area contributed by atoms with Crippen molar-refractivity contribution in [2.24, 2.45) is 17.6 Å². The number of hydrogen-bond acceptors (Lipinski definition) is 2. The van der Waals surface area contributed by atoms with Crippen LogP contribution in [0, 0.1) is 11.8 Å². The van der Waals surface area contributed by atoms with E-state index in [0.717, 1.165) is 19.5 Å². The van der Waals surface area contributed by atoms with E-state index in [-0.39, 0.29) is 6.03 Å². The summed E-state index contributed by atoms with van der Waals surface area (Å²) in [6, 6.07) is 15.1. The molecule has 0 radical (unpaired) electrons. The molecular weight excluding hydrogens is 298 g/mol. The third-order valence-corrected chi connectivity index (χ3v) is 5.74. The van der Waals surface area contributed by atoms with Crippen molar-refractivity contribution in [2.75, 3.05) is 19.6 Å². The Bertz CT molecular complexity index is 725. The molecule has 2 fully saturated rings. The Morgan fingerprint density at radius 3 is 2.58 bits per heavy atom. The lowest BCUT2D eigenvalue weighted by Gasteiger charge is -2.36. The summed E-state index contributed by atoms with van der Waals surface area (Å²) in [7, 11) is 0. The molecule has 2 bridgehead atoms. The Kier molecular flexibility index (Phi) is 4.15. The number of carbonyl (C=O) groups excluding carboxylic acids is 1. The van der Waals surface area contributed by atoms with Crippen molar-refractivity contribution >= 4 is 16.8 Å². The normalized spacial score (nSPS) is 25.9. The molecule has 0 spiro atoms. The van der Waals surface area contributed by atoms with E-state index in [1.54, 1.807) is 0 Å². The Morgan fingerprint density at radius 2 is 1.79 bits per heavy atom. The summed E-state index contributed by atoms with van der Waals surface area (Å²) in [5, 5.41) is 5.62. The molecule has 4 nitrogen and oxygen atoms in total. The average Bonchev–Trinajstić information content (AvgIpc) is 2.83. The molecule has 1 heterocycles. The van der Waals surface area contributed by atoms with Crippen molar-refractivity contribution in [1.82, 2.24) is 10.2 Å². The smallest absolute Gasteiger partial charge is 0.317 e. The number of carbonyl (C=O) groups is 1. The molecule has 1 aliphatic carbocycles. The molecule has 1 saturated carbocycles. The standard InChI is InChI=1S/C20H25N3O/c21-19-16-8-9-17(19)13-23(12-16)20(24)22-11-10-15-6-3-5-14-4-1-2-7-18(14)15/h1-7,16-17,19H,8-13,21H2,(H,22,24)/t16-,17+,19?. The maximum atomic E-state index is 12.5. The van der Waals surface area contributed by atoms with Crippen LogP contribution in [0.25, 0.3) is 10.8 Å². The SMILES string of the molecule is NC1[C@@H]2CC[C@H]1CN(C(=O)NCCc1cccc3ccccc13)C2. The number of likely N-dealkylation sites (tertiary alicyclic amines) is 1. The molecule has 2 aromatic carbocycles. The molecule has 0 aromatic heterocycles. The zero-order valence-electron chi connectivity index (χ0n) is 13.9. The summed E-state index contributed by atoms with van der Waals surface area (Å²) in [6.07, 6.45) is 3.20. The first-order valence-electron chi connectivity index (χ1n) is 8.97. The van der Waals surface area contributed by atoms with Gasteiger partial charge in [-0.2, -0.15) is 0 Å². The average molecular weight is 323 g/mol.